The molecule has 2 atom stereocenters. The standard InChI is InChI=1S/C9H14BrN3O3S/c1-13-8(9(10)11-12-13)7(14)4-6-2-3-17(15,16)5-6/h6-7,14H,2-5H2,1H3. The third-order valence-electron chi connectivity index (χ3n) is 3.03. The summed E-state index contributed by atoms with van der Waals surface area (Å²) in [5.41, 5.74) is 0.592. The maximum absolute atomic E-state index is 11.3. The summed E-state index contributed by atoms with van der Waals surface area (Å²) in [4.78, 5) is 0. The fourth-order valence-electron chi connectivity index (χ4n) is 2.18. The molecule has 1 aromatic heterocycles. The molecule has 6 nitrogen and oxygen atoms in total. The van der Waals surface area contributed by atoms with E-state index >= 15 is 0 Å². The average Bonchev–Trinajstić information content (AvgIpc) is 2.70. The maximum Gasteiger partial charge on any atom is 0.154 e. The Bertz CT molecular complexity index is 494. The van der Waals surface area contributed by atoms with E-state index in [2.05, 4.69) is 26.2 Å². The van der Waals surface area contributed by atoms with Crippen molar-refractivity contribution in [2.75, 3.05) is 11.5 Å². The predicted molar refractivity (Wildman–Crippen MR) is 65.0 cm³/mol. The molecule has 2 rings (SSSR count). The normalized spacial score (nSPS) is 25.0. The molecule has 1 aromatic rings. The minimum absolute atomic E-state index is 0.0248. The number of hydrogen-bond donors (Lipinski definition) is 1. The van der Waals surface area contributed by atoms with Gasteiger partial charge in [0.25, 0.3) is 0 Å². The molecular formula is C9H14BrN3O3S. The number of nitrogens with zero attached hydrogens (tertiary/aromatic N) is 3. The fraction of sp³-hybridized carbons (Fsp3) is 0.778. The number of aliphatic hydroxyl groups is 1. The Morgan fingerprint density at radius 1 is 1.65 bits per heavy atom. The number of aryl methyl sites for hydroxylation is 1. The van der Waals surface area contributed by atoms with Crippen LogP contribution in [0.3, 0.4) is 0 Å². The number of rotatable bonds is 3. The minimum atomic E-state index is -2.89. The molecule has 0 aromatic carbocycles. The van der Waals surface area contributed by atoms with Gasteiger partial charge in [-0.15, -0.1) is 5.10 Å². The zero-order valence-corrected chi connectivity index (χ0v) is 11.8. The van der Waals surface area contributed by atoms with Gasteiger partial charge < -0.3 is 5.11 Å². The van der Waals surface area contributed by atoms with E-state index in [1.165, 1.54) is 4.68 Å². The van der Waals surface area contributed by atoms with Gasteiger partial charge >= 0.3 is 0 Å². The van der Waals surface area contributed by atoms with Crippen molar-refractivity contribution in [3.05, 3.63) is 10.3 Å². The summed E-state index contributed by atoms with van der Waals surface area (Å²) in [5.74, 6) is 0.430. The van der Waals surface area contributed by atoms with Crippen LogP contribution < -0.4 is 0 Å². The molecule has 0 amide bonds. The van der Waals surface area contributed by atoms with Crippen LogP contribution in [0, 0.1) is 5.92 Å². The van der Waals surface area contributed by atoms with Gasteiger partial charge in [0.05, 0.1) is 17.6 Å². The number of sulfone groups is 1. The molecular weight excluding hydrogens is 310 g/mol. The molecule has 1 aliphatic rings. The van der Waals surface area contributed by atoms with Gasteiger partial charge in [-0.2, -0.15) is 0 Å². The van der Waals surface area contributed by atoms with Crippen LogP contribution in [0.2, 0.25) is 0 Å². The number of halogens is 1. The highest BCUT2D eigenvalue weighted by Crippen LogP contribution is 2.30. The summed E-state index contributed by atoms with van der Waals surface area (Å²) < 4.78 is 24.7. The van der Waals surface area contributed by atoms with Crippen LogP contribution in [-0.4, -0.2) is 40.0 Å². The van der Waals surface area contributed by atoms with E-state index < -0.39 is 15.9 Å². The Kier molecular flexibility index (Phi) is 3.55. The molecule has 1 fully saturated rings. The lowest BCUT2D eigenvalue weighted by atomic mass is 10.00. The lowest BCUT2D eigenvalue weighted by Gasteiger charge is -2.14. The molecule has 0 spiro atoms. The SMILES string of the molecule is Cn1nnc(Br)c1C(O)CC1CCS(=O)(=O)C1. The van der Waals surface area contributed by atoms with Crippen LogP contribution in [0.5, 0.6) is 0 Å². The van der Waals surface area contributed by atoms with E-state index in [4.69, 9.17) is 0 Å². The first-order chi connectivity index (χ1) is 7.89. The van der Waals surface area contributed by atoms with E-state index in [0.717, 1.165) is 0 Å². The van der Waals surface area contributed by atoms with Gasteiger partial charge in [0, 0.05) is 7.05 Å². The Labute approximate surface area is 108 Å². The number of hydrogen-bond acceptors (Lipinski definition) is 5. The van der Waals surface area contributed by atoms with Gasteiger partial charge in [0.2, 0.25) is 0 Å². The van der Waals surface area contributed by atoms with Crippen LogP contribution >= 0.6 is 15.9 Å². The van der Waals surface area contributed by atoms with E-state index in [0.29, 0.717) is 23.1 Å². The topological polar surface area (TPSA) is 85.1 Å². The quantitative estimate of drug-likeness (QED) is 0.872. The van der Waals surface area contributed by atoms with Crippen molar-refractivity contribution >= 4 is 25.8 Å². The van der Waals surface area contributed by atoms with Gasteiger partial charge in [-0.05, 0) is 34.7 Å². The summed E-state index contributed by atoms with van der Waals surface area (Å²) in [6, 6.07) is 0. The highest BCUT2D eigenvalue weighted by molar-refractivity contribution is 9.10. The van der Waals surface area contributed by atoms with Crippen molar-refractivity contribution in [2.45, 2.75) is 18.9 Å². The fourth-order valence-corrected chi connectivity index (χ4v) is 4.65. The third kappa shape index (κ3) is 2.86. The van der Waals surface area contributed by atoms with Crippen LogP contribution in [-0.2, 0) is 16.9 Å². The number of aliphatic hydroxyl groups excluding tert-OH is 1. The smallest absolute Gasteiger partial charge is 0.154 e. The molecule has 96 valence electrons. The number of aromatic nitrogens is 3. The molecule has 1 aliphatic heterocycles. The van der Waals surface area contributed by atoms with E-state index in [1.54, 1.807) is 7.05 Å². The van der Waals surface area contributed by atoms with Crippen LogP contribution in [0.15, 0.2) is 4.60 Å². The molecule has 2 heterocycles. The second kappa shape index (κ2) is 4.66. The second-order valence-electron chi connectivity index (χ2n) is 4.41. The van der Waals surface area contributed by atoms with Gasteiger partial charge in [-0.25, -0.2) is 13.1 Å². The molecule has 8 heteroatoms. The van der Waals surface area contributed by atoms with Crippen LogP contribution in [0.25, 0.3) is 0 Å². The van der Waals surface area contributed by atoms with Crippen molar-refractivity contribution < 1.29 is 13.5 Å². The molecule has 0 saturated carbocycles. The molecule has 17 heavy (non-hydrogen) atoms. The zero-order valence-electron chi connectivity index (χ0n) is 9.37. The summed E-state index contributed by atoms with van der Waals surface area (Å²) >= 11 is 3.22. The monoisotopic (exact) mass is 323 g/mol. The Morgan fingerprint density at radius 3 is 2.82 bits per heavy atom. The minimum Gasteiger partial charge on any atom is -0.387 e. The van der Waals surface area contributed by atoms with E-state index in [-0.39, 0.29) is 17.4 Å². The van der Waals surface area contributed by atoms with Gasteiger partial charge in [-0.3, -0.25) is 0 Å². The van der Waals surface area contributed by atoms with Gasteiger partial charge in [0.1, 0.15) is 5.69 Å². The van der Waals surface area contributed by atoms with Gasteiger partial charge in [0.15, 0.2) is 14.4 Å². The molecule has 0 aliphatic carbocycles. The molecule has 0 bridgehead atoms. The molecule has 1 N–H and O–H groups in total. The van der Waals surface area contributed by atoms with Crippen molar-refractivity contribution in [2.24, 2.45) is 13.0 Å². The van der Waals surface area contributed by atoms with Crippen LogP contribution in [0.1, 0.15) is 24.6 Å². The first-order valence-corrected chi connectivity index (χ1v) is 7.94. The van der Waals surface area contributed by atoms with Crippen molar-refractivity contribution in [3.63, 3.8) is 0 Å². The third-order valence-corrected chi connectivity index (χ3v) is 5.43. The zero-order chi connectivity index (χ0) is 12.6. The first-order valence-electron chi connectivity index (χ1n) is 5.32. The lowest BCUT2D eigenvalue weighted by Crippen LogP contribution is -2.12. The highest BCUT2D eigenvalue weighted by atomic mass is 79.9. The van der Waals surface area contributed by atoms with Crippen molar-refractivity contribution in [1.29, 1.82) is 0 Å². The summed E-state index contributed by atoms with van der Waals surface area (Å²) in [6.07, 6.45) is 0.323. The Hall–Kier alpha value is -0.470. The second-order valence-corrected chi connectivity index (χ2v) is 7.39. The van der Waals surface area contributed by atoms with Gasteiger partial charge in [-0.1, -0.05) is 5.21 Å². The van der Waals surface area contributed by atoms with Crippen molar-refractivity contribution in [1.82, 2.24) is 15.0 Å². The summed E-state index contributed by atoms with van der Waals surface area (Å²) in [7, 11) is -1.19. The maximum atomic E-state index is 11.3. The Balaban J connectivity index is 2.06. The lowest BCUT2D eigenvalue weighted by molar-refractivity contribution is 0.139. The van der Waals surface area contributed by atoms with E-state index in [1.807, 2.05) is 0 Å². The molecule has 0 radical (unpaired) electrons. The van der Waals surface area contributed by atoms with Crippen molar-refractivity contribution in [3.8, 4) is 0 Å². The predicted octanol–water partition coefficient (Wildman–Crippen LogP) is 0.436. The molecule has 1 saturated heterocycles. The molecule has 2 unspecified atom stereocenters. The van der Waals surface area contributed by atoms with Crippen LogP contribution in [0.4, 0.5) is 0 Å². The van der Waals surface area contributed by atoms with E-state index in [9.17, 15) is 13.5 Å². The highest BCUT2D eigenvalue weighted by Gasteiger charge is 2.31. The summed E-state index contributed by atoms with van der Waals surface area (Å²) in [6.45, 7) is 0. The summed E-state index contributed by atoms with van der Waals surface area (Å²) in [5, 5.41) is 17.6. The Morgan fingerprint density at radius 2 is 2.35 bits per heavy atom. The average molecular weight is 324 g/mol. The first kappa shape index (κ1) is 13.0. The largest absolute Gasteiger partial charge is 0.387 e.